The molecule has 2 nitrogen and oxygen atoms in total. The molecule has 1 atom stereocenters. The van der Waals surface area contributed by atoms with E-state index in [4.69, 9.17) is 16.3 Å². The van der Waals surface area contributed by atoms with E-state index in [-0.39, 0.29) is 5.78 Å². The average Bonchev–Trinajstić information content (AvgIpc) is 2.26. The van der Waals surface area contributed by atoms with Crippen molar-refractivity contribution in [1.29, 1.82) is 0 Å². The van der Waals surface area contributed by atoms with Gasteiger partial charge in [0.1, 0.15) is 6.10 Å². The summed E-state index contributed by atoms with van der Waals surface area (Å²) in [6.45, 7) is 4.21. The Bertz CT molecular complexity index is 379. The van der Waals surface area contributed by atoms with Gasteiger partial charge in [-0.25, -0.2) is 0 Å². The lowest BCUT2D eigenvalue weighted by Gasteiger charge is -2.17. The summed E-state index contributed by atoms with van der Waals surface area (Å²) < 4.78 is 6.28. The third-order valence-electron chi connectivity index (χ3n) is 2.22. The predicted molar refractivity (Wildman–Crippen MR) is 68.8 cm³/mol. The molecule has 1 unspecified atom stereocenters. The summed E-state index contributed by atoms with van der Waals surface area (Å²) in [6.07, 6.45) is -0.0404. The molecule has 0 bridgehead atoms. The second-order valence-corrected chi connectivity index (χ2v) is 4.61. The molecule has 0 saturated heterocycles. The standard InChI is InChI=1S/C12H14BrClO2/c1-3-11(15)12(16-4-2)9-6-5-8(14)7-10(9)13/h5-7,12H,3-4H2,1-2H3. The summed E-state index contributed by atoms with van der Waals surface area (Å²) in [7, 11) is 0. The molecule has 0 N–H and O–H groups in total. The number of rotatable bonds is 5. The molecular formula is C12H14BrClO2. The van der Waals surface area contributed by atoms with Crippen LogP contribution in [0, 0.1) is 0 Å². The van der Waals surface area contributed by atoms with E-state index < -0.39 is 6.10 Å². The zero-order valence-corrected chi connectivity index (χ0v) is 11.6. The van der Waals surface area contributed by atoms with E-state index in [1.807, 2.05) is 19.9 Å². The maximum atomic E-state index is 11.8. The first-order valence-electron chi connectivity index (χ1n) is 5.19. The molecule has 0 aliphatic carbocycles. The van der Waals surface area contributed by atoms with Crippen LogP contribution in [-0.2, 0) is 9.53 Å². The molecule has 0 aromatic heterocycles. The van der Waals surface area contributed by atoms with Crippen LogP contribution >= 0.6 is 27.5 Å². The highest BCUT2D eigenvalue weighted by Gasteiger charge is 2.21. The normalized spacial score (nSPS) is 12.5. The smallest absolute Gasteiger partial charge is 0.165 e. The lowest BCUT2D eigenvalue weighted by atomic mass is 10.0. The van der Waals surface area contributed by atoms with E-state index in [9.17, 15) is 4.79 Å². The molecule has 0 fully saturated rings. The number of carbonyl (C=O) groups excluding carboxylic acids is 1. The van der Waals surface area contributed by atoms with Gasteiger partial charge in [-0.1, -0.05) is 40.5 Å². The van der Waals surface area contributed by atoms with E-state index in [0.717, 1.165) is 10.0 Å². The van der Waals surface area contributed by atoms with Gasteiger partial charge in [-0.15, -0.1) is 0 Å². The first-order valence-corrected chi connectivity index (χ1v) is 6.36. The third kappa shape index (κ3) is 3.30. The van der Waals surface area contributed by atoms with Crippen LogP contribution in [0.25, 0.3) is 0 Å². The molecule has 1 aromatic carbocycles. The van der Waals surface area contributed by atoms with Crippen LogP contribution in [0.4, 0.5) is 0 Å². The Morgan fingerprint density at radius 1 is 1.50 bits per heavy atom. The molecule has 0 aliphatic heterocycles. The van der Waals surface area contributed by atoms with Gasteiger partial charge in [-0.2, -0.15) is 0 Å². The number of ether oxygens (including phenoxy) is 1. The van der Waals surface area contributed by atoms with Crippen LogP contribution in [-0.4, -0.2) is 12.4 Å². The Morgan fingerprint density at radius 3 is 2.69 bits per heavy atom. The van der Waals surface area contributed by atoms with Gasteiger partial charge in [0, 0.05) is 28.1 Å². The van der Waals surface area contributed by atoms with E-state index in [1.165, 1.54) is 0 Å². The van der Waals surface area contributed by atoms with E-state index in [1.54, 1.807) is 12.1 Å². The third-order valence-corrected chi connectivity index (χ3v) is 3.14. The SMILES string of the molecule is CCOC(C(=O)CC)c1ccc(Cl)cc1Br. The van der Waals surface area contributed by atoms with Crippen LogP contribution in [0.5, 0.6) is 0 Å². The lowest BCUT2D eigenvalue weighted by molar-refractivity contribution is -0.130. The fraction of sp³-hybridized carbons (Fsp3) is 0.417. The Hall–Kier alpha value is -0.380. The molecule has 0 radical (unpaired) electrons. The first-order chi connectivity index (χ1) is 7.60. The van der Waals surface area contributed by atoms with E-state index >= 15 is 0 Å². The predicted octanol–water partition coefficient (Wildman–Crippen LogP) is 4.16. The molecule has 88 valence electrons. The van der Waals surface area contributed by atoms with Crippen molar-refractivity contribution >= 4 is 33.3 Å². The number of Topliss-reactive ketones (excluding diaryl/α,β-unsaturated/α-hetero) is 1. The monoisotopic (exact) mass is 304 g/mol. The number of halogens is 2. The molecule has 0 saturated carbocycles. The second kappa shape index (κ2) is 6.38. The number of ketones is 1. The van der Waals surface area contributed by atoms with Crippen molar-refractivity contribution in [2.75, 3.05) is 6.61 Å². The van der Waals surface area contributed by atoms with Crippen LogP contribution in [0.2, 0.25) is 5.02 Å². The Kier molecular flexibility index (Phi) is 5.46. The summed E-state index contributed by atoms with van der Waals surface area (Å²) in [5.74, 6) is 0.0740. The molecule has 0 aliphatic rings. The summed E-state index contributed by atoms with van der Waals surface area (Å²) >= 11 is 9.25. The molecular weight excluding hydrogens is 291 g/mol. The maximum Gasteiger partial charge on any atom is 0.165 e. The van der Waals surface area contributed by atoms with Crippen molar-refractivity contribution in [1.82, 2.24) is 0 Å². The topological polar surface area (TPSA) is 26.3 Å². The molecule has 1 rings (SSSR count). The maximum absolute atomic E-state index is 11.8. The quantitative estimate of drug-likeness (QED) is 0.816. The molecule has 0 heterocycles. The van der Waals surface area contributed by atoms with Crippen molar-refractivity contribution in [2.45, 2.75) is 26.4 Å². The first kappa shape index (κ1) is 13.7. The average molecular weight is 306 g/mol. The lowest BCUT2D eigenvalue weighted by Crippen LogP contribution is -2.15. The summed E-state index contributed by atoms with van der Waals surface area (Å²) in [5, 5.41) is 0.634. The number of hydrogen-bond acceptors (Lipinski definition) is 2. The van der Waals surface area contributed by atoms with E-state index in [2.05, 4.69) is 15.9 Å². The van der Waals surface area contributed by atoms with Gasteiger partial charge in [0.05, 0.1) is 0 Å². The Balaban J connectivity index is 3.05. The van der Waals surface area contributed by atoms with Crippen molar-refractivity contribution < 1.29 is 9.53 Å². The zero-order valence-electron chi connectivity index (χ0n) is 9.30. The van der Waals surface area contributed by atoms with Crippen LogP contribution in [0.15, 0.2) is 22.7 Å². The number of hydrogen-bond donors (Lipinski definition) is 0. The van der Waals surface area contributed by atoms with Gasteiger partial charge in [-0.05, 0) is 19.1 Å². The number of carbonyl (C=O) groups is 1. The van der Waals surface area contributed by atoms with Crippen molar-refractivity contribution in [2.24, 2.45) is 0 Å². The number of benzene rings is 1. The highest BCUT2D eigenvalue weighted by atomic mass is 79.9. The van der Waals surface area contributed by atoms with Crippen molar-refractivity contribution in [3.8, 4) is 0 Å². The Labute approximate surface area is 109 Å². The van der Waals surface area contributed by atoms with Gasteiger partial charge in [0.15, 0.2) is 5.78 Å². The van der Waals surface area contributed by atoms with Gasteiger partial charge in [-0.3, -0.25) is 4.79 Å². The van der Waals surface area contributed by atoms with Gasteiger partial charge < -0.3 is 4.74 Å². The Morgan fingerprint density at radius 2 is 2.19 bits per heavy atom. The fourth-order valence-electron chi connectivity index (χ4n) is 1.42. The van der Waals surface area contributed by atoms with Crippen molar-refractivity contribution in [3.05, 3.63) is 33.3 Å². The fourth-order valence-corrected chi connectivity index (χ4v) is 2.31. The van der Waals surface area contributed by atoms with Gasteiger partial charge >= 0.3 is 0 Å². The highest BCUT2D eigenvalue weighted by molar-refractivity contribution is 9.10. The van der Waals surface area contributed by atoms with Crippen LogP contribution in [0.1, 0.15) is 31.9 Å². The van der Waals surface area contributed by atoms with Gasteiger partial charge in [0.2, 0.25) is 0 Å². The summed E-state index contributed by atoms with van der Waals surface area (Å²) in [4.78, 5) is 11.8. The molecule has 4 heteroatoms. The highest BCUT2D eigenvalue weighted by Crippen LogP contribution is 2.29. The molecule has 1 aromatic rings. The summed E-state index contributed by atoms with van der Waals surface area (Å²) in [5.41, 5.74) is 0.832. The minimum atomic E-state index is -0.498. The minimum Gasteiger partial charge on any atom is -0.366 e. The molecule has 0 amide bonds. The van der Waals surface area contributed by atoms with Crippen LogP contribution < -0.4 is 0 Å². The zero-order chi connectivity index (χ0) is 12.1. The van der Waals surface area contributed by atoms with Gasteiger partial charge in [0.25, 0.3) is 0 Å². The minimum absolute atomic E-state index is 0.0740. The second-order valence-electron chi connectivity index (χ2n) is 3.32. The van der Waals surface area contributed by atoms with Crippen molar-refractivity contribution in [3.63, 3.8) is 0 Å². The molecule has 0 spiro atoms. The van der Waals surface area contributed by atoms with E-state index in [0.29, 0.717) is 18.1 Å². The largest absolute Gasteiger partial charge is 0.366 e. The summed E-state index contributed by atoms with van der Waals surface area (Å²) in [6, 6.07) is 5.35. The molecule has 16 heavy (non-hydrogen) atoms. The van der Waals surface area contributed by atoms with Crippen LogP contribution in [0.3, 0.4) is 0 Å².